The fourth-order valence-corrected chi connectivity index (χ4v) is 1.64. The highest BCUT2D eigenvalue weighted by atomic mass is 35.5. The van der Waals surface area contributed by atoms with Gasteiger partial charge in [0.2, 0.25) is 0 Å². The molecule has 0 fully saturated rings. The minimum absolute atomic E-state index is 0.529. The normalized spacial score (nSPS) is 13.0. The molecule has 0 nitrogen and oxygen atoms in total. The Bertz CT molecular complexity index is 248. The van der Waals surface area contributed by atoms with Crippen molar-refractivity contribution in [2.24, 2.45) is 0 Å². The van der Waals surface area contributed by atoms with Crippen LogP contribution in [0.2, 0.25) is 10.0 Å². The molecule has 0 aromatic heterocycles. The van der Waals surface area contributed by atoms with Crippen LogP contribution in [0, 0.1) is 0 Å². The molecule has 1 atom stereocenters. The van der Waals surface area contributed by atoms with Gasteiger partial charge in [-0.1, -0.05) is 37.0 Å². The van der Waals surface area contributed by atoms with Gasteiger partial charge in [0.05, 0.1) is 0 Å². The van der Waals surface area contributed by atoms with Crippen molar-refractivity contribution in [3.05, 3.63) is 33.8 Å². The molecule has 0 radical (unpaired) electrons. The zero-order valence-electron chi connectivity index (χ0n) is 7.27. The summed E-state index contributed by atoms with van der Waals surface area (Å²) < 4.78 is 0. The summed E-state index contributed by atoms with van der Waals surface area (Å²) in [6.45, 7) is 4.32. The molecule has 0 saturated heterocycles. The molecule has 0 aliphatic rings. The van der Waals surface area contributed by atoms with Gasteiger partial charge in [-0.15, -0.1) is 0 Å². The van der Waals surface area contributed by atoms with Crippen LogP contribution in [0.25, 0.3) is 0 Å². The van der Waals surface area contributed by atoms with E-state index in [4.69, 9.17) is 23.2 Å². The maximum atomic E-state index is 5.87. The van der Waals surface area contributed by atoms with Crippen molar-refractivity contribution < 1.29 is 0 Å². The molecular formula is C10H12Cl2. The molecule has 66 valence electrons. The summed E-state index contributed by atoms with van der Waals surface area (Å²) in [6, 6.07) is 5.71. The highest BCUT2D eigenvalue weighted by molar-refractivity contribution is 6.34. The van der Waals surface area contributed by atoms with E-state index in [1.54, 1.807) is 6.07 Å². The molecule has 1 aromatic rings. The summed E-state index contributed by atoms with van der Waals surface area (Å²) in [5.41, 5.74) is 1.22. The zero-order valence-corrected chi connectivity index (χ0v) is 8.78. The topological polar surface area (TPSA) is 0 Å². The van der Waals surface area contributed by atoms with Gasteiger partial charge in [0.15, 0.2) is 0 Å². The lowest BCUT2D eigenvalue weighted by molar-refractivity contribution is 0.734. The van der Waals surface area contributed by atoms with Gasteiger partial charge in [0.25, 0.3) is 0 Å². The summed E-state index contributed by atoms with van der Waals surface area (Å²) in [7, 11) is 0. The van der Waals surface area contributed by atoms with Gasteiger partial charge in [-0.05, 0) is 36.1 Å². The van der Waals surface area contributed by atoms with Gasteiger partial charge in [-0.25, -0.2) is 0 Å². The summed E-state index contributed by atoms with van der Waals surface area (Å²) in [4.78, 5) is 0. The van der Waals surface area contributed by atoms with Crippen LogP contribution >= 0.6 is 23.2 Å². The van der Waals surface area contributed by atoms with Crippen LogP contribution in [0.15, 0.2) is 18.2 Å². The molecule has 0 bridgehead atoms. The van der Waals surface area contributed by atoms with Crippen LogP contribution in [0.4, 0.5) is 0 Å². The van der Waals surface area contributed by atoms with Crippen molar-refractivity contribution in [2.75, 3.05) is 0 Å². The second kappa shape index (κ2) is 4.15. The van der Waals surface area contributed by atoms with Crippen LogP contribution in [-0.4, -0.2) is 0 Å². The van der Waals surface area contributed by atoms with Gasteiger partial charge in [-0.3, -0.25) is 0 Å². The Hall–Kier alpha value is -0.200. The van der Waals surface area contributed by atoms with E-state index in [1.165, 1.54) is 5.56 Å². The van der Waals surface area contributed by atoms with Crippen LogP contribution in [-0.2, 0) is 0 Å². The predicted octanol–water partition coefficient (Wildman–Crippen LogP) is 4.51. The van der Waals surface area contributed by atoms with Gasteiger partial charge in [0.1, 0.15) is 0 Å². The van der Waals surface area contributed by atoms with E-state index in [0.717, 1.165) is 16.5 Å². The molecule has 0 spiro atoms. The largest absolute Gasteiger partial charge is 0.0843 e. The molecule has 12 heavy (non-hydrogen) atoms. The maximum Gasteiger partial charge on any atom is 0.0423 e. The first-order valence-corrected chi connectivity index (χ1v) is 4.85. The Morgan fingerprint density at radius 2 is 1.67 bits per heavy atom. The molecule has 0 amide bonds. The van der Waals surface area contributed by atoms with Crippen molar-refractivity contribution in [1.82, 2.24) is 0 Å². The predicted molar refractivity (Wildman–Crippen MR) is 55.2 cm³/mol. The van der Waals surface area contributed by atoms with E-state index in [9.17, 15) is 0 Å². The van der Waals surface area contributed by atoms with E-state index in [1.807, 2.05) is 12.1 Å². The number of hydrogen-bond acceptors (Lipinski definition) is 0. The van der Waals surface area contributed by atoms with E-state index in [-0.39, 0.29) is 0 Å². The SMILES string of the molecule is CC[C@@H](C)c1cc(Cl)cc(Cl)c1. The van der Waals surface area contributed by atoms with E-state index in [0.29, 0.717) is 5.92 Å². The van der Waals surface area contributed by atoms with E-state index >= 15 is 0 Å². The molecule has 1 aromatic carbocycles. The fraction of sp³-hybridized carbons (Fsp3) is 0.400. The zero-order chi connectivity index (χ0) is 9.14. The average molecular weight is 203 g/mol. The van der Waals surface area contributed by atoms with E-state index in [2.05, 4.69) is 13.8 Å². The average Bonchev–Trinajstić information content (AvgIpc) is 2.01. The highest BCUT2D eigenvalue weighted by Crippen LogP contribution is 2.25. The minimum Gasteiger partial charge on any atom is -0.0843 e. The molecule has 0 N–H and O–H groups in total. The lowest BCUT2D eigenvalue weighted by Crippen LogP contribution is -1.90. The van der Waals surface area contributed by atoms with Crippen LogP contribution in [0.5, 0.6) is 0 Å². The Labute approximate surface area is 83.5 Å². The highest BCUT2D eigenvalue weighted by Gasteiger charge is 2.04. The molecule has 2 heteroatoms. The van der Waals surface area contributed by atoms with Gasteiger partial charge in [-0.2, -0.15) is 0 Å². The fourth-order valence-electron chi connectivity index (χ4n) is 1.10. The van der Waals surface area contributed by atoms with Crippen LogP contribution in [0.3, 0.4) is 0 Å². The second-order valence-corrected chi connectivity index (χ2v) is 3.88. The Kier molecular flexibility index (Phi) is 3.42. The Morgan fingerprint density at radius 1 is 1.17 bits per heavy atom. The van der Waals surface area contributed by atoms with Gasteiger partial charge < -0.3 is 0 Å². The molecule has 0 aliphatic heterocycles. The van der Waals surface area contributed by atoms with Crippen molar-refractivity contribution in [1.29, 1.82) is 0 Å². The number of rotatable bonds is 2. The summed E-state index contributed by atoms with van der Waals surface area (Å²) in [6.07, 6.45) is 1.11. The first-order chi connectivity index (χ1) is 5.63. The van der Waals surface area contributed by atoms with Crippen LogP contribution < -0.4 is 0 Å². The molecule has 0 saturated carbocycles. The minimum atomic E-state index is 0.529. The smallest absolute Gasteiger partial charge is 0.0423 e. The number of halogens is 2. The first-order valence-electron chi connectivity index (χ1n) is 4.09. The van der Waals surface area contributed by atoms with Crippen molar-refractivity contribution >= 4 is 23.2 Å². The standard InChI is InChI=1S/C10H12Cl2/c1-3-7(2)8-4-9(11)6-10(12)5-8/h4-7H,3H2,1-2H3/t7-/m1/s1. The lowest BCUT2D eigenvalue weighted by atomic mass is 9.99. The third-order valence-electron chi connectivity index (χ3n) is 2.07. The maximum absolute atomic E-state index is 5.87. The second-order valence-electron chi connectivity index (χ2n) is 3.01. The van der Waals surface area contributed by atoms with Gasteiger partial charge >= 0.3 is 0 Å². The third kappa shape index (κ3) is 2.40. The molecule has 0 unspecified atom stereocenters. The van der Waals surface area contributed by atoms with Crippen molar-refractivity contribution in [3.63, 3.8) is 0 Å². The number of hydrogen-bond donors (Lipinski definition) is 0. The monoisotopic (exact) mass is 202 g/mol. The number of benzene rings is 1. The molecule has 1 rings (SSSR count). The first kappa shape index (κ1) is 9.88. The molecular weight excluding hydrogens is 191 g/mol. The van der Waals surface area contributed by atoms with E-state index < -0.39 is 0 Å². The Balaban J connectivity index is 3.00. The van der Waals surface area contributed by atoms with Gasteiger partial charge in [0, 0.05) is 10.0 Å². The third-order valence-corrected chi connectivity index (χ3v) is 2.50. The molecule has 0 heterocycles. The lowest BCUT2D eigenvalue weighted by Gasteiger charge is -2.09. The summed E-state index contributed by atoms with van der Waals surface area (Å²) in [5.74, 6) is 0.529. The molecule has 0 aliphatic carbocycles. The van der Waals surface area contributed by atoms with Crippen molar-refractivity contribution in [3.8, 4) is 0 Å². The Morgan fingerprint density at radius 3 is 2.08 bits per heavy atom. The quantitative estimate of drug-likeness (QED) is 0.663. The van der Waals surface area contributed by atoms with Crippen LogP contribution in [0.1, 0.15) is 31.7 Å². The summed E-state index contributed by atoms with van der Waals surface area (Å²) >= 11 is 11.7. The summed E-state index contributed by atoms with van der Waals surface area (Å²) in [5, 5.41) is 1.44. The van der Waals surface area contributed by atoms with Crippen molar-refractivity contribution in [2.45, 2.75) is 26.2 Å².